The summed E-state index contributed by atoms with van der Waals surface area (Å²) in [5.41, 5.74) is 4.11. The number of H-pyrrole nitrogens is 1. The van der Waals surface area contributed by atoms with Gasteiger partial charge in [-0.2, -0.15) is 0 Å². The van der Waals surface area contributed by atoms with Crippen LogP contribution in [0.2, 0.25) is 0 Å². The second kappa shape index (κ2) is 11.6. The fourth-order valence-electron chi connectivity index (χ4n) is 3.31. The smallest absolute Gasteiger partial charge is 0.119 e. The Labute approximate surface area is 197 Å². The number of thiocarbonyl (C=S) groups is 1. The topological polar surface area (TPSA) is 37.9 Å². The molecule has 0 aliphatic rings. The Kier molecular flexibility index (Phi) is 9.15. The lowest BCUT2D eigenvalue weighted by Crippen LogP contribution is -2.17. The molecule has 0 aliphatic carbocycles. The minimum absolute atomic E-state index is 0.0353. The quantitative estimate of drug-likeness (QED) is 0.294. The predicted octanol–water partition coefficient (Wildman–Crippen LogP) is 8.08. The molecule has 0 spiro atoms. The first-order valence-electron chi connectivity index (χ1n) is 10.9. The van der Waals surface area contributed by atoms with Crippen molar-refractivity contribution in [2.75, 3.05) is 7.11 Å². The van der Waals surface area contributed by atoms with Gasteiger partial charge in [0, 0.05) is 11.0 Å². The first-order chi connectivity index (χ1) is 15.3. The summed E-state index contributed by atoms with van der Waals surface area (Å²) in [6.07, 6.45) is 8.97. The third kappa shape index (κ3) is 5.83. The summed E-state index contributed by atoms with van der Waals surface area (Å²) in [5.74, 6) is 1.86. The molecular weight excluding hydrogens is 412 g/mol. The van der Waals surface area contributed by atoms with E-state index in [2.05, 4.69) is 81.0 Å². The van der Waals surface area contributed by atoms with Crippen molar-refractivity contribution >= 4 is 33.9 Å². The maximum atomic E-state index is 5.35. The summed E-state index contributed by atoms with van der Waals surface area (Å²) in [7, 11) is 1.69. The number of hydrogen-bond donors (Lipinski definition) is 1. The molecule has 0 radical (unpaired) electrons. The van der Waals surface area contributed by atoms with Crippen LogP contribution >= 0.6 is 12.2 Å². The number of aromatic nitrogens is 2. The van der Waals surface area contributed by atoms with Crippen molar-refractivity contribution in [2.45, 2.75) is 46.5 Å². The minimum atomic E-state index is -0.0353. The molecule has 2 aromatic carbocycles. The van der Waals surface area contributed by atoms with Crippen molar-refractivity contribution in [3.8, 4) is 17.0 Å². The number of allylic oxidation sites excluding steroid dienone is 5. The highest BCUT2D eigenvalue weighted by Gasteiger charge is 2.25. The number of ether oxygens (including phenoxy) is 1. The predicted molar refractivity (Wildman–Crippen MR) is 144 cm³/mol. The van der Waals surface area contributed by atoms with E-state index in [4.69, 9.17) is 9.72 Å². The molecule has 0 unspecified atom stereocenters. The van der Waals surface area contributed by atoms with Gasteiger partial charge >= 0.3 is 0 Å². The SMILES string of the molecule is C=C/C=C(\C=C/C)c1[nH]c(C(C)(C)CC)nc1-c1ccc2cc(OC)ccc2c1.CC=S. The van der Waals surface area contributed by atoms with E-state index in [1.807, 2.05) is 38.1 Å². The van der Waals surface area contributed by atoms with Gasteiger partial charge in [0.25, 0.3) is 0 Å². The first kappa shape index (κ1) is 25.3. The van der Waals surface area contributed by atoms with E-state index in [1.165, 1.54) is 0 Å². The number of methoxy groups -OCH3 is 1. The Morgan fingerprint density at radius 1 is 1.16 bits per heavy atom. The molecule has 0 amide bonds. The van der Waals surface area contributed by atoms with Crippen LogP contribution in [-0.4, -0.2) is 22.4 Å². The Balaban J connectivity index is 0.00000114. The summed E-state index contributed by atoms with van der Waals surface area (Å²) < 4.78 is 5.35. The van der Waals surface area contributed by atoms with Gasteiger partial charge in [-0.3, -0.25) is 0 Å². The van der Waals surface area contributed by atoms with Crippen LogP contribution in [0.15, 0.2) is 67.3 Å². The van der Waals surface area contributed by atoms with E-state index in [1.54, 1.807) is 12.5 Å². The second-order valence-electron chi connectivity index (χ2n) is 8.07. The lowest BCUT2D eigenvalue weighted by atomic mass is 9.89. The van der Waals surface area contributed by atoms with Crippen LogP contribution in [0.25, 0.3) is 27.6 Å². The molecule has 0 fully saturated rings. The molecule has 3 aromatic rings. The summed E-state index contributed by atoms with van der Waals surface area (Å²) in [5, 5.41) is 3.89. The highest BCUT2D eigenvalue weighted by atomic mass is 32.1. The van der Waals surface area contributed by atoms with Gasteiger partial charge in [-0.1, -0.05) is 82.1 Å². The van der Waals surface area contributed by atoms with Gasteiger partial charge in [0.2, 0.25) is 0 Å². The van der Waals surface area contributed by atoms with Crippen LogP contribution in [0.4, 0.5) is 0 Å². The van der Waals surface area contributed by atoms with Gasteiger partial charge in [0.1, 0.15) is 11.6 Å². The first-order valence-corrected chi connectivity index (χ1v) is 11.4. The number of hydrogen-bond acceptors (Lipinski definition) is 3. The van der Waals surface area contributed by atoms with E-state index in [0.29, 0.717) is 0 Å². The third-order valence-corrected chi connectivity index (χ3v) is 5.48. The van der Waals surface area contributed by atoms with Crippen LogP contribution in [0.3, 0.4) is 0 Å². The molecule has 32 heavy (non-hydrogen) atoms. The molecule has 0 bridgehead atoms. The lowest BCUT2D eigenvalue weighted by molar-refractivity contribution is 0.415. The lowest BCUT2D eigenvalue weighted by Gasteiger charge is -2.19. The number of benzene rings is 2. The molecule has 3 nitrogen and oxygen atoms in total. The zero-order valence-electron chi connectivity index (χ0n) is 20.0. The van der Waals surface area contributed by atoms with Gasteiger partial charge in [0.05, 0.1) is 18.5 Å². The highest BCUT2D eigenvalue weighted by Crippen LogP contribution is 2.34. The maximum Gasteiger partial charge on any atom is 0.119 e. The number of rotatable bonds is 7. The van der Waals surface area contributed by atoms with Crippen LogP contribution in [-0.2, 0) is 5.41 Å². The molecule has 168 valence electrons. The van der Waals surface area contributed by atoms with Crippen molar-refractivity contribution in [3.63, 3.8) is 0 Å². The Morgan fingerprint density at radius 3 is 2.41 bits per heavy atom. The largest absolute Gasteiger partial charge is 0.497 e. The molecule has 0 saturated heterocycles. The molecule has 1 N–H and O–H groups in total. The molecular formula is C28H34N2OS. The van der Waals surface area contributed by atoms with E-state index in [9.17, 15) is 0 Å². The highest BCUT2D eigenvalue weighted by molar-refractivity contribution is 7.78. The van der Waals surface area contributed by atoms with Crippen LogP contribution in [0, 0.1) is 0 Å². The summed E-state index contributed by atoms with van der Waals surface area (Å²) >= 11 is 4.27. The van der Waals surface area contributed by atoms with Gasteiger partial charge in [-0.15, -0.1) is 0 Å². The number of aromatic amines is 1. The summed E-state index contributed by atoms with van der Waals surface area (Å²) in [6.45, 7) is 14.4. The molecule has 4 heteroatoms. The maximum absolute atomic E-state index is 5.35. The minimum Gasteiger partial charge on any atom is -0.497 e. The zero-order chi connectivity index (χ0) is 23.7. The van der Waals surface area contributed by atoms with Crippen LogP contribution < -0.4 is 4.74 Å². The summed E-state index contributed by atoms with van der Waals surface area (Å²) in [4.78, 5) is 8.67. The van der Waals surface area contributed by atoms with E-state index < -0.39 is 0 Å². The van der Waals surface area contributed by atoms with Gasteiger partial charge in [-0.25, -0.2) is 4.98 Å². The second-order valence-corrected chi connectivity index (χ2v) is 8.54. The van der Waals surface area contributed by atoms with Gasteiger partial charge in [0.15, 0.2) is 0 Å². The van der Waals surface area contributed by atoms with Gasteiger partial charge in [-0.05, 0) is 60.2 Å². The van der Waals surface area contributed by atoms with Crippen molar-refractivity contribution in [2.24, 2.45) is 0 Å². The number of imidazole rings is 1. The Morgan fingerprint density at radius 2 is 1.81 bits per heavy atom. The molecule has 1 heterocycles. The fourth-order valence-corrected chi connectivity index (χ4v) is 3.31. The molecule has 0 saturated carbocycles. The van der Waals surface area contributed by atoms with Crippen molar-refractivity contribution in [3.05, 3.63) is 78.8 Å². The van der Waals surface area contributed by atoms with E-state index >= 15 is 0 Å². The zero-order valence-corrected chi connectivity index (χ0v) is 20.8. The van der Waals surface area contributed by atoms with Crippen molar-refractivity contribution < 1.29 is 4.74 Å². The average Bonchev–Trinajstić information content (AvgIpc) is 3.25. The van der Waals surface area contributed by atoms with Crippen LogP contribution in [0.1, 0.15) is 52.6 Å². The molecule has 0 atom stereocenters. The Hall–Kier alpha value is -2.98. The van der Waals surface area contributed by atoms with E-state index in [-0.39, 0.29) is 5.41 Å². The molecule has 0 aliphatic heterocycles. The number of nitrogens with zero attached hydrogens (tertiary/aromatic N) is 1. The van der Waals surface area contributed by atoms with Crippen molar-refractivity contribution in [1.29, 1.82) is 0 Å². The third-order valence-electron chi connectivity index (χ3n) is 5.48. The molecule has 1 aromatic heterocycles. The normalized spacial score (nSPS) is 11.9. The van der Waals surface area contributed by atoms with Gasteiger partial charge < -0.3 is 9.72 Å². The van der Waals surface area contributed by atoms with E-state index in [0.717, 1.165) is 51.3 Å². The number of fused-ring (bicyclic) bond motifs is 1. The fraction of sp³-hybridized carbons (Fsp3) is 0.286. The number of nitrogens with one attached hydrogen (secondary N) is 1. The Bertz CT molecular complexity index is 1140. The molecule has 3 rings (SSSR count). The van der Waals surface area contributed by atoms with Crippen molar-refractivity contribution in [1.82, 2.24) is 9.97 Å². The monoisotopic (exact) mass is 446 g/mol. The summed E-state index contributed by atoms with van der Waals surface area (Å²) in [6, 6.07) is 12.6. The standard InChI is InChI=1S/C26H30N2O.C2H4S/c1-7-10-18(11-8-2)23-24(28-25(27-23)26(4,5)9-3)21-13-12-20-17-22(29-6)15-14-19(20)16-21;1-2-3/h7-8,10-17H,1,9H2,2-6H3,(H,27,28);2H,1H3/b11-8-,18-10+;. The average molecular weight is 447 g/mol. The van der Waals surface area contributed by atoms with Crippen LogP contribution in [0.5, 0.6) is 5.75 Å².